The molecule has 2 rings (SSSR count). The van der Waals surface area contributed by atoms with Gasteiger partial charge in [-0.3, -0.25) is 0 Å². The largest absolute Gasteiger partial charge is 0.395 e. The Morgan fingerprint density at radius 3 is 2.71 bits per heavy atom. The van der Waals surface area contributed by atoms with Crippen LogP contribution < -0.4 is 0 Å². The van der Waals surface area contributed by atoms with Crippen molar-refractivity contribution in [2.75, 3.05) is 19.8 Å². The molecule has 0 radical (unpaired) electrons. The third-order valence-corrected chi connectivity index (χ3v) is 5.57. The normalized spacial score (nSPS) is 19.8. The van der Waals surface area contributed by atoms with E-state index < -0.39 is 10.0 Å². The lowest BCUT2D eigenvalue weighted by atomic mass is 10.1. The Kier molecular flexibility index (Phi) is 5.37. The van der Waals surface area contributed by atoms with Gasteiger partial charge in [0.15, 0.2) is 0 Å². The summed E-state index contributed by atoms with van der Waals surface area (Å²) in [6.07, 6.45) is 2.38. The molecular weight excluding hydrogens is 290 g/mol. The zero-order valence-corrected chi connectivity index (χ0v) is 12.5. The molecule has 1 heterocycles. The van der Waals surface area contributed by atoms with Gasteiger partial charge in [-0.2, -0.15) is 4.31 Å². The van der Waals surface area contributed by atoms with Crippen LogP contribution in [0.3, 0.4) is 0 Å². The Morgan fingerprint density at radius 2 is 2.00 bits per heavy atom. The molecule has 0 saturated carbocycles. The molecule has 1 aromatic rings. The Bertz CT molecular complexity index is 645. The first-order valence-corrected chi connectivity index (χ1v) is 8.36. The summed E-state index contributed by atoms with van der Waals surface area (Å²) >= 11 is 0. The van der Waals surface area contributed by atoms with Gasteiger partial charge < -0.3 is 10.2 Å². The molecule has 0 amide bonds. The Balaban J connectivity index is 2.44. The van der Waals surface area contributed by atoms with Gasteiger partial charge >= 0.3 is 0 Å². The third-order valence-electron chi connectivity index (χ3n) is 3.56. The van der Waals surface area contributed by atoms with Crippen molar-refractivity contribution in [3.63, 3.8) is 0 Å². The van der Waals surface area contributed by atoms with Crippen molar-refractivity contribution in [3.05, 3.63) is 29.8 Å². The predicted molar refractivity (Wildman–Crippen MR) is 79.0 cm³/mol. The van der Waals surface area contributed by atoms with E-state index in [0.29, 0.717) is 18.5 Å². The number of aliphatic hydroxyl groups is 2. The van der Waals surface area contributed by atoms with Crippen molar-refractivity contribution >= 4 is 10.0 Å². The minimum Gasteiger partial charge on any atom is -0.395 e. The number of sulfonamides is 1. The van der Waals surface area contributed by atoms with E-state index in [0.717, 1.165) is 12.8 Å². The maximum absolute atomic E-state index is 12.8. The van der Waals surface area contributed by atoms with Crippen molar-refractivity contribution in [1.82, 2.24) is 4.31 Å². The number of benzene rings is 1. The second-order valence-corrected chi connectivity index (χ2v) is 6.76. The molecule has 1 aromatic carbocycles. The maximum Gasteiger partial charge on any atom is 0.244 e. The van der Waals surface area contributed by atoms with E-state index in [1.807, 2.05) is 0 Å². The van der Waals surface area contributed by atoms with Crippen LogP contribution in [-0.2, 0) is 10.0 Å². The highest BCUT2D eigenvalue weighted by atomic mass is 32.2. The smallest absolute Gasteiger partial charge is 0.244 e. The average molecular weight is 309 g/mol. The molecule has 0 aromatic heterocycles. The summed E-state index contributed by atoms with van der Waals surface area (Å²) < 4.78 is 27.0. The maximum atomic E-state index is 12.8. The van der Waals surface area contributed by atoms with E-state index in [2.05, 4.69) is 11.8 Å². The van der Waals surface area contributed by atoms with Gasteiger partial charge in [-0.05, 0) is 25.0 Å². The molecule has 6 heteroatoms. The molecule has 1 saturated heterocycles. The first-order chi connectivity index (χ1) is 10.1. The average Bonchev–Trinajstić information content (AvgIpc) is 2.53. The van der Waals surface area contributed by atoms with Crippen molar-refractivity contribution < 1.29 is 18.6 Å². The molecule has 0 bridgehead atoms. The fourth-order valence-corrected chi connectivity index (χ4v) is 4.36. The van der Waals surface area contributed by atoms with Gasteiger partial charge in [-0.1, -0.05) is 30.4 Å². The van der Waals surface area contributed by atoms with E-state index >= 15 is 0 Å². The van der Waals surface area contributed by atoms with Crippen LogP contribution >= 0.6 is 0 Å². The summed E-state index contributed by atoms with van der Waals surface area (Å²) in [5.74, 6) is 5.15. The molecule has 1 aliphatic heterocycles. The van der Waals surface area contributed by atoms with E-state index in [1.165, 1.54) is 10.4 Å². The monoisotopic (exact) mass is 309 g/mol. The number of piperidine rings is 1. The van der Waals surface area contributed by atoms with Gasteiger partial charge in [0.05, 0.1) is 11.5 Å². The Hall–Kier alpha value is -1.39. The molecule has 21 heavy (non-hydrogen) atoms. The van der Waals surface area contributed by atoms with Gasteiger partial charge in [-0.25, -0.2) is 8.42 Å². The van der Waals surface area contributed by atoms with Gasteiger partial charge in [0, 0.05) is 18.2 Å². The summed E-state index contributed by atoms with van der Waals surface area (Å²) in [7, 11) is -3.70. The molecule has 5 nitrogen and oxygen atoms in total. The molecule has 1 unspecified atom stereocenters. The summed E-state index contributed by atoms with van der Waals surface area (Å²) in [4.78, 5) is 0.131. The van der Waals surface area contributed by atoms with Crippen LogP contribution in [0.15, 0.2) is 29.2 Å². The molecule has 1 aliphatic rings. The highest BCUT2D eigenvalue weighted by Gasteiger charge is 2.34. The van der Waals surface area contributed by atoms with E-state index in [9.17, 15) is 13.5 Å². The van der Waals surface area contributed by atoms with Crippen LogP contribution in [0, 0.1) is 11.8 Å². The zero-order chi connectivity index (χ0) is 15.3. The van der Waals surface area contributed by atoms with Crippen molar-refractivity contribution in [2.24, 2.45) is 0 Å². The summed E-state index contributed by atoms with van der Waals surface area (Å²) in [5, 5.41) is 18.2. The van der Waals surface area contributed by atoms with E-state index in [-0.39, 0.29) is 24.2 Å². The van der Waals surface area contributed by atoms with Crippen molar-refractivity contribution in [3.8, 4) is 11.8 Å². The van der Waals surface area contributed by atoms with Crippen molar-refractivity contribution in [1.29, 1.82) is 0 Å². The van der Waals surface area contributed by atoms with Crippen LogP contribution in [0.1, 0.15) is 24.8 Å². The second-order valence-electron chi connectivity index (χ2n) is 4.90. The highest BCUT2D eigenvalue weighted by Crippen LogP contribution is 2.26. The molecule has 0 spiro atoms. The molecular formula is C15H19NO4S. The van der Waals surface area contributed by atoms with Crippen LogP contribution in [0.2, 0.25) is 0 Å². The topological polar surface area (TPSA) is 77.8 Å². The van der Waals surface area contributed by atoms with Crippen LogP contribution in [0.4, 0.5) is 0 Å². The molecule has 0 aliphatic carbocycles. The van der Waals surface area contributed by atoms with E-state index in [4.69, 9.17) is 5.11 Å². The Labute approximate surface area is 125 Å². The van der Waals surface area contributed by atoms with Gasteiger partial charge in [0.2, 0.25) is 10.0 Å². The van der Waals surface area contributed by atoms with Crippen LogP contribution in [-0.4, -0.2) is 48.7 Å². The first kappa shape index (κ1) is 16.0. The predicted octanol–water partition coefficient (Wildman–Crippen LogP) is 0.566. The fraction of sp³-hybridized carbons (Fsp3) is 0.467. The number of hydrogen-bond acceptors (Lipinski definition) is 4. The quantitative estimate of drug-likeness (QED) is 0.800. The van der Waals surface area contributed by atoms with Gasteiger partial charge in [0.25, 0.3) is 0 Å². The standard InChI is InChI=1S/C15H19NO4S/c17-11-5-7-13-6-1-2-9-15(13)21(19,20)16-10-4-3-8-14(16)12-18/h1-2,6,9,14,17-18H,3-4,8,10-12H2. The number of aliphatic hydroxyl groups excluding tert-OH is 2. The van der Waals surface area contributed by atoms with Crippen molar-refractivity contribution in [2.45, 2.75) is 30.2 Å². The number of hydrogen-bond donors (Lipinski definition) is 2. The van der Waals surface area contributed by atoms with E-state index in [1.54, 1.807) is 18.2 Å². The molecule has 114 valence electrons. The number of rotatable bonds is 3. The zero-order valence-electron chi connectivity index (χ0n) is 11.7. The molecule has 2 N–H and O–H groups in total. The summed E-state index contributed by atoms with van der Waals surface area (Å²) in [5.41, 5.74) is 0.369. The minimum absolute atomic E-state index is 0.131. The van der Waals surface area contributed by atoms with Gasteiger partial charge in [-0.15, -0.1) is 0 Å². The lowest BCUT2D eigenvalue weighted by molar-refractivity contribution is 0.155. The highest BCUT2D eigenvalue weighted by molar-refractivity contribution is 7.89. The summed E-state index contributed by atoms with van der Waals surface area (Å²) in [6, 6.07) is 6.12. The lowest BCUT2D eigenvalue weighted by Crippen LogP contribution is -2.45. The van der Waals surface area contributed by atoms with Crippen LogP contribution in [0.5, 0.6) is 0 Å². The second kappa shape index (κ2) is 7.05. The number of nitrogens with zero attached hydrogens (tertiary/aromatic N) is 1. The first-order valence-electron chi connectivity index (χ1n) is 6.92. The minimum atomic E-state index is -3.70. The molecule has 1 atom stereocenters. The van der Waals surface area contributed by atoms with Crippen LogP contribution in [0.25, 0.3) is 0 Å². The summed E-state index contributed by atoms with van der Waals surface area (Å²) in [6.45, 7) is -0.0869. The third kappa shape index (κ3) is 3.44. The molecule has 1 fully saturated rings. The lowest BCUT2D eigenvalue weighted by Gasteiger charge is -2.33. The van der Waals surface area contributed by atoms with Gasteiger partial charge in [0.1, 0.15) is 6.61 Å². The Morgan fingerprint density at radius 1 is 1.24 bits per heavy atom. The fourth-order valence-electron chi connectivity index (χ4n) is 2.53. The SMILES string of the molecule is O=S(=O)(c1ccccc1C#CCO)N1CCCCC1CO.